The average molecular weight is 386 g/mol. The van der Waals surface area contributed by atoms with E-state index >= 15 is 0 Å². The largest absolute Gasteiger partial charge is 0.478 e. The molecule has 2 aromatic rings. The predicted molar refractivity (Wildman–Crippen MR) is 91.3 cm³/mol. The van der Waals surface area contributed by atoms with E-state index in [1.54, 1.807) is 19.1 Å². The summed E-state index contributed by atoms with van der Waals surface area (Å²) in [6, 6.07) is 3.90. The number of allylic oxidation sites excluding steroid dienone is 1. The zero-order valence-corrected chi connectivity index (χ0v) is 14.5. The molecule has 0 saturated carbocycles. The van der Waals surface area contributed by atoms with Crippen LogP contribution in [0, 0.1) is 5.13 Å². The topological polar surface area (TPSA) is 74.6 Å². The molecule has 1 aliphatic rings. The Morgan fingerprint density at radius 2 is 2.17 bits per heavy atom. The van der Waals surface area contributed by atoms with Crippen LogP contribution in [0.15, 0.2) is 40.7 Å². The number of carbonyl (C=O) groups is 1. The van der Waals surface area contributed by atoms with E-state index in [1.165, 1.54) is 6.07 Å². The maximum absolute atomic E-state index is 13.2. The Balaban J connectivity index is 2.14. The highest BCUT2D eigenvalue weighted by Gasteiger charge is 2.31. The van der Waals surface area contributed by atoms with E-state index in [1.807, 2.05) is 0 Å². The zero-order valence-electron chi connectivity index (χ0n) is 12.2. The number of aromatic nitrogens is 1. The molecule has 0 aliphatic carbocycles. The van der Waals surface area contributed by atoms with Crippen molar-refractivity contribution in [3.05, 3.63) is 61.4 Å². The average Bonchev–Trinajstić information content (AvgIpc) is 2.92. The van der Waals surface area contributed by atoms with Crippen LogP contribution >= 0.6 is 34.5 Å². The molecular formula is C15H10Cl2FN3O2S. The Morgan fingerprint density at radius 1 is 1.42 bits per heavy atom. The number of carboxylic acids is 1. The maximum atomic E-state index is 13.2. The molecule has 3 rings (SSSR count). The summed E-state index contributed by atoms with van der Waals surface area (Å²) in [5.41, 5.74) is 0.938. The van der Waals surface area contributed by atoms with E-state index in [0.29, 0.717) is 32.1 Å². The molecular weight excluding hydrogens is 376 g/mol. The first kappa shape index (κ1) is 16.9. The molecule has 5 nitrogen and oxygen atoms in total. The van der Waals surface area contributed by atoms with Gasteiger partial charge in [-0.3, -0.25) is 4.99 Å². The van der Waals surface area contributed by atoms with E-state index in [0.717, 1.165) is 17.5 Å². The van der Waals surface area contributed by atoms with Gasteiger partial charge in [-0.2, -0.15) is 4.39 Å². The van der Waals surface area contributed by atoms with Crippen molar-refractivity contribution in [2.24, 2.45) is 4.99 Å². The first-order valence-corrected chi connectivity index (χ1v) is 8.29. The molecule has 1 aromatic heterocycles. The standard InChI is InChI=1S/C15H10Cl2FN3O2S/c1-6-11(15(22)23)12(8-3-2-7(16)4-9(8)17)21-13(20-6)14-19-5-10(18)24-14/h2-5,12H,1H3,(H,20,21)(H,22,23). The van der Waals surface area contributed by atoms with Gasteiger partial charge >= 0.3 is 5.97 Å². The normalized spacial score (nSPS) is 17.5. The van der Waals surface area contributed by atoms with Gasteiger partial charge < -0.3 is 10.4 Å². The Bertz CT molecular complexity index is 895. The van der Waals surface area contributed by atoms with E-state index < -0.39 is 17.1 Å². The first-order valence-electron chi connectivity index (χ1n) is 6.72. The molecule has 0 spiro atoms. The summed E-state index contributed by atoms with van der Waals surface area (Å²) in [6.45, 7) is 1.61. The van der Waals surface area contributed by atoms with Crippen LogP contribution in [0.4, 0.5) is 4.39 Å². The molecule has 2 heterocycles. The number of benzene rings is 1. The third-order valence-electron chi connectivity index (χ3n) is 3.41. The summed E-state index contributed by atoms with van der Waals surface area (Å²) < 4.78 is 13.2. The molecule has 0 radical (unpaired) electrons. The number of nitrogens with zero attached hydrogens (tertiary/aromatic N) is 2. The lowest BCUT2D eigenvalue weighted by atomic mass is 9.96. The predicted octanol–water partition coefficient (Wildman–Crippen LogP) is 4.04. The van der Waals surface area contributed by atoms with E-state index in [-0.39, 0.29) is 5.57 Å². The number of hydrogen-bond acceptors (Lipinski definition) is 5. The number of rotatable bonds is 3. The molecule has 0 bridgehead atoms. The van der Waals surface area contributed by atoms with Gasteiger partial charge in [0.15, 0.2) is 16.0 Å². The minimum Gasteiger partial charge on any atom is -0.478 e. The van der Waals surface area contributed by atoms with Crippen LogP contribution in [0.3, 0.4) is 0 Å². The lowest BCUT2D eigenvalue weighted by Gasteiger charge is -2.24. The zero-order chi connectivity index (χ0) is 17.4. The van der Waals surface area contributed by atoms with Gasteiger partial charge in [0.25, 0.3) is 0 Å². The van der Waals surface area contributed by atoms with Crippen molar-refractivity contribution >= 4 is 46.3 Å². The molecule has 0 saturated heterocycles. The van der Waals surface area contributed by atoms with Crippen molar-refractivity contribution in [2.75, 3.05) is 0 Å². The summed E-state index contributed by atoms with van der Waals surface area (Å²) in [5.74, 6) is -0.827. The third-order valence-corrected chi connectivity index (χ3v) is 4.76. The number of thiazole rings is 1. The second-order valence-corrected chi connectivity index (χ2v) is 6.81. The first-order chi connectivity index (χ1) is 11.4. The molecule has 0 fully saturated rings. The maximum Gasteiger partial charge on any atom is 0.335 e. The summed E-state index contributed by atoms with van der Waals surface area (Å²) in [4.78, 5) is 20.0. The molecule has 24 heavy (non-hydrogen) atoms. The SMILES string of the molecule is CC1=C(C(=O)O)C(c2ccc(Cl)cc2Cl)N=C(c2ncc(F)s2)N1. The van der Waals surface area contributed by atoms with E-state index in [9.17, 15) is 14.3 Å². The molecule has 1 aromatic carbocycles. The summed E-state index contributed by atoms with van der Waals surface area (Å²) in [6.07, 6.45) is 1.08. The Labute approximate surface area is 150 Å². The lowest BCUT2D eigenvalue weighted by molar-refractivity contribution is -0.133. The second-order valence-electron chi connectivity index (χ2n) is 4.98. The Morgan fingerprint density at radius 3 is 2.75 bits per heavy atom. The van der Waals surface area contributed by atoms with Gasteiger partial charge in [-0.05, 0) is 19.1 Å². The van der Waals surface area contributed by atoms with Gasteiger partial charge in [-0.15, -0.1) is 0 Å². The molecule has 2 N–H and O–H groups in total. The molecule has 124 valence electrons. The highest BCUT2D eigenvalue weighted by Crippen LogP contribution is 2.36. The lowest BCUT2D eigenvalue weighted by Crippen LogP contribution is -2.32. The highest BCUT2D eigenvalue weighted by atomic mass is 35.5. The number of aliphatic carboxylic acids is 1. The third kappa shape index (κ3) is 3.15. The smallest absolute Gasteiger partial charge is 0.335 e. The molecule has 9 heteroatoms. The molecule has 1 aliphatic heterocycles. The van der Waals surface area contributed by atoms with Crippen molar-refractivity contribution in [1.82, 2.24) is 10.3 Å². The second kappa shape index (κ2) is 6.51. The number of hydrogen-bond donors (Lipinski definition) is 2. The van der Waals surface area contributed by atoms with Crippen LogP contribution in [-0.4, -0.2) is 21.9 Å². The quantitative estimate of drug-likeness (QED) is 0.835. The van der Waals surface area contributed by atoms with Crippen LogP contribution in [0.2, 0.25) is 10.0 Å². The Hall–Kier alpha value is -1.96. The van der Waals surface area contributed by atoms with Crippen molar-refractivity contribution < 1.29 is 14.3 Å². The van der Waals surface area contributed by atoms with Crippen molar-refractivity contribution in [2.45, 2.75) is 13.0 Å². The number of nitrogens with one attached hydrogen (secondary N) is 1. The Kier molecular flexibility index (Phi) is 4.58. The summed E-state index contributed by atoms with van der Waals surface area (Å²) >= 11 is 12.9. The van der Waals surface area contributed by atoms with Crippen LogP contribution in [-0.2, 0) is 4.79 Å². The number of carboxylic acid groups (broad SMARTS) is 1. The fraction of sp³-hybridized carbons (Fsp3) is 0.133. The van der Waals surface area contributed by atoms with Gasteiger partial charge in [0.2, 0.25) is 0 Å². The monoisotopic (exact) mass is 385 g/mol. The van der Waals surface area contributed by atoms with Gasteiger partial charge in [0, 0.05) is 21.3 Å². The van der Waals surface area contributed by atoms with Crippen LogP contribution in [0.25, 0.3) is 0 Å². The van der Waals surface area contributed by atoms with Crippen molar-refractivity contribution in [1.29, 1.82) is 0 Å². The van der Waals surface area contributed by atoms with E-state index in [2.05, 4.69) is 15.3 Å². The van der Waals surface area contributed by atoms with Gasteiger partial charge in [-0.25, -0.2) is 9.78 Å². The van der Waals surface area contributed by atoms with Crippen LogP contribution in [0.1, 0.15) is 23.5 Å². The van der Waals surface area contributed by atoms with Crippen molar-refractivity contribution in [3.63, 3.8) is 0 Å². The fourth-order valence-corrected chi connectivity index (χ4v) is 3.48. The number of aliphatic imine (C=N–C) groups is 1. The van der Waals surface area contributed by atoms with Crippen molar-refractivity contribution in [3.8, 4) is 0 Å². The van der Waals surface area contributed by atoms with Gasteiger partial charge in [-0.1, -0.05) is 40.6 Å². The highest BCUT2D eigenvalue weighted by molar-refractivity contribution is 7.12. The number of halogens is 3. The fourth-order valence-electron chi connectivity index (χ4n) is 2.37. The minimum absolute atomic E-state index is 0.0556. The van der Waals surface area contributed by atoms with Gasteiger partial charge in [0.05, 0.1) is 11.8 Å². The van der Waals surface area contributed by atoms with Gasteiger partial charge in [0.1, 0.15) is 6.04 Å². The molecule has 1 unspecified atom stereocenters. The molecule has 1 atom stereocenters. The number of amidine groups is 1. The summed E-state index contributed by atoms with van der Waals surface area (Å²) in [7, 11) is 0. The van der Waals surface area contributed by atoms with Crippen LogP contribution < -0.4 is 5.32 Å². The van der Waals surface area contributed by atoms with E-state index in [4.69, 9.17) is 23.2 Å². The minimum atomic E-state index is -1.12. The molecule has 0 amide bonds. The van der Waals surface area contributed by atoms with Crippen LogP contribution in [0.5, 0.6) is 0 Å². The summed E-state index contributed by atoms with van der Waals surface area (Å²) in [5, 5.41) is 13.0.